The molecule has 0 bridgehead atoms. The molecule has 1 N–H and O–H groups in total. The maximum atomic E-state index is 12.3. The topological polar surface area (TPSA) is 55.4 Å². The van der Waals surface area contributed by atoms with E-state index in [0.29, 0.717) is 11.4 Å². The lowest BCUT2D eigenvalue weighted by Crippen LogP contribution is -2.14. The molecule has 0 radical (unpaired) electrons. The van der Waals surface area contributed by atoms with E-state index in [0.717, 1.165) is 3.57 Å². The Labute approximate surface area is 126 Å². The number of ether oxygens (including phenoxy) is 1. The Balaban J connectivity index is 2.41. The van der Waals surface area contributed by atoms with Gasteiger partial charge in [-0.2, -0.15) is 0 Å². The van der Waals surface area contributed by atoms with Crippen LogP contribution in [0.3, 0.4) is 0 Å². The molecule has 0 saturated carbocycles. The van der Waals surface area contributed by atoms with Gasteiger partial charge >= 0.3 is 0 Å². The van der Waals surface area contributed by atoms with Crippen molar-refractivity contribution in [2.75, 3.05) is 11.8 Å². The molecule has 0 aliphatic carbocycles. The first kappa shape index (κ1) is 14.1. The number of hydrogen-bond donors (Lipinski definition) is 1. The van der Waals surface area contributed by atoms with Gasteiger partial charge in [0.25, 0.3) is 10.0 Å². The molecule has 4 nitrogen and oxygen atoms in total. The van der Waals surface area contributed by atoms with E-state index < -0.39 is 10.0 Å². The van der Waals surface area contributed by atoms with Crippen molar-refractivity contribution in [1.29, 1.82) is 0 Å². The number of halogens is 1. The first-order valence-corrected chi connectivity index (χ1v) is 8.01. The smallest absolute Gasteiger partial charge is 0.265 e. The van der Waals surface area contributed by atoms with Crippen LogP contribution in [0.4, 0.5) is 5.69 Å². The average molecular weight is 389 g/mol. The van der Waals surface area contributed by atoms with Gasteiger partial charge in [0, 0.05) is 3.57 Å². The van der Waals surface area contributed by atoms with Crippen molar-refractivity contribution in [3.05, 3.63) is 52.1 Å². The van der Waals surface area contributed by atoms with Gasteiger partial charge in [-0.3, -0.25) is 4.72 Å². The van der Waals surface area contributed by atoms with Gasteiger partial charge in [-0.05, 0) is 46.9 Å². The molecule has 0 atom stereocenters. The van der Waals surface area contributed by atoms with Gasteiger partial charge in [0.2, 0.25) is 0 Å². The van der Waals surface area contributed by atoms with Crippen LogP contribution in [-0.2, 0) is 10.0 Å². The number of sulfonamides is 1. The summed E-state index contributed by atoms with van der Waals surface area (Å²) in [5, 5.41) is 0. The molecule has 6 heteroatoms. The van der Waals surface area contributed by atoms with Gasteiger partial charge in [0.1, 0.15) is 10.6 Å². The summed E-state index contributed by atoms with van der Waals surface area (Å²) in [5.41, 5.74) is 0.550. The van der Waals surface area contributed by atoms with Crippen molar-refractivity contribution >= 4 is 38.3 Å². The van der Waals surface area contributed by atoms with E-state index >= 15 is 0 Å². The predicted octanol–water partition coefficient (Wildman–Crippen LogP) is 3.10. The average Bonchev–Trinajstić information content (AvgIpc) is 2.41. The Morgan fingerprint density at radius 3 is 2.37 bits per heavy atom. The molecule has 0 spiro atoms. The molecule has 2 rings (SSSR count). The Hall–Kier alpha value is -1.28. The molecular formula is C13H12INO3S. The summed E-state index contributed by atoms with van der Waals surface area (Å²) >= 11 is 2.08. The fraction of sp³-hybridized carbons (Fsp3) is 0.0769. The molecule has 2 aromatic rings. The van der Waals surface area contributed by atoms with Crippen LogP contribution in [0.15, 0.2) is 53.4 Å². The van der Waals surface area contributed by atoms with Crippen molar-refractivity contribution in [3.8, 4) is 5.75 Å². The summed E-state index contributed by atoms with van der Waals surface area (Å²) in [7, 11) is -2.21. The minimum Gasteiger partial charge on any atom is -0.495 e. The van der Waals surface area contributed by atoms with Crippen LogP contribution in [0, 0.1) is 3.57 Å². The zero-order valence-electron chi connectivity index (χ0n) is 10.1. The number of rotatable bonds is 4. The zero-order chi connectivity index (χ0) is 13.9. The second-order valence-corrected chi connectivity index (χ2v) is 6.55. The van der Waals surface area contributed by atoms with E-state index in [1.54, 1.807) is 30.3 Å². The number of nitrogens with one attached hydrogen (secondary N) is 1. The molecule has 100 valence electrons. The predicted molar refractivity (Wildman–Crippen MR) is 83.0 cm³/mol. The van der Waals surface area contributed by atoms with Crippen LogP contribution in [0.1, 0.15) is 0 Å². The number of para-hydroxylation sites is 2. The fourth-order valence-electron chi connectivity index (χ4n) is 1.58. The summed E-state index contributed by atoms with van der Waals surface area (Å²) < 4.78 is 33.2. The standard InChI is InChI=1S/C13H12INO3S/c1-18-12-8-4-5-9-13(12)19(16,17)15-11-7-3-2-6-10(11)14/h2-9,15H,1H3. The third kappa shape index (κ3) is 3.19. The van der Waals surface area contributed by atoms with Crippen molar-refractivity contribution in [3.63, 3.8) is 0 Å². The second kappa shape index (κ2) is 5.79. The number of anilines is 1. The van der Waals surface area contributed by atoms with Crippen LogP contribution < -0.4 is 9.46 Å². The van der Waals surface area contributed by atoms with Crippen LogP contribution in [0.25, 0.3) is 0 Å². The Morgan fingerprint density at radius 2 is 1.68 bits per heavy atom. The van der Waals surface area contributed by atoms with Gasteiger partial charge in [-0.15, -0.1) is 0 Å². The van der Waals surface area contributed by atoms with Crippen molar-refractivity contribution in [2.45, 2.75) is 4.90 Å². The van der Waals surface area contributed by atoms with Crippen LogP contribution in [-0.4, -0.2) is 15.5 Å². The second-order valence-electron chi connectivity index (χ2n) is 3.74. The van der Waals surface area contributed by atoms with Crippen LogP contribution in [0.5, 0.6) is 5.75 Å². The van der Waals surface area contributed by atoms with Crippen molar-refractivity contribution < 1.29 is 13.2 Å². The third-order valence-corrected chi connectivity index (χ3v) is 4.82. The third-order valence-electron chi connectivity index (χ3n) is 2.48. The van der Waals surface area contributed by atoms with Gasteiger partial charge in [-0.25, -0.2) is 8.42 Å². The van der Waals surface area contributed by atoms with E-state index in [1.165, 1.54) is 13.2 Å². The lowest BCUT2D eigenvalue weighted by atomic mass is 10.3. The maximum absolute atomic E-state index is 12.3. The summed E-state index contributed by atoms with van der Waals surface area (Å²) in [4.78, 5) is 0.122. The van der Waals surface area contributed by atoms with Crippen LogP contribution >= 0.6 is 22.6 Å². The number of hydrogen-bond acceptors (Lipinski definition) is 3. The van der Waals surface area contributed by atoms with Gasteiger partial charge in [-0.1, -0.05) is 24.3 Å². The lowest BCUT2D eigenvalue weighted by molar-refractivity contribution is 0.403. The summed E-state index contributed by atoms with van der Waals surface area (Å²) in [5.74, 6) is 0.320. The molecule has 0 amide bonds. The monoisotopic (exact) mass is 389 g/mol. The molecule has 0 saturated heterocycles. The highest BCUT2D eigenvalue weighted by atomic mass is 127. The first-order valence-electron chi connectivity index (χ1n) is 5.45. The summed E-state index contributed by atoms with van der Waals surface area (Å²) in [6.45, 7) is 0. The van der Waals surface area contributed by atoms with E-state index in [-0.39, 0.29) is 4.90 Å². The first-order chi connectivity index (χ1) is 9.04. The number of methoxy groups -OCH3 is 1. The zero-order valence-corrected chi connectivity index (χ0v) is 13.1. The van der Waals surface area contributed by atoms with Gasteiger partial charge in [0.05, 0.1) is 12.8 Å². The van der Waals surface area contributed by atoms with E-state index in [1.807, 2.05) is 12.1 Å². The SMILES string of the molecule is COc1ccccc1S(=O)(=O)Nc1ccccc1I. The molecule has 19 heavy (non-hydrogen) atoms. The highest BCUT2D eigenvalue weighted by Gasteiger charge is 2.19. The minimum absolute atomic E-state index is 0.122. The van der Waals surface area contributed by atoms with Gasteiger partial charge in [0.15, 0.2) is 0 Å². The number of benzene rings is 2. The van der Waals surface area contributed by atoms with Crippen molar-refractivity contribution in [2.24, 2.45) is 0 Å². The highest BCUT2D eigenvalue weighted by Crippen LogP contribution is 2.26. The van der Waals surface area contributed by atoms with E-state index in [2.05, 4.69) is 27.3 Å². The molecule has 0 aromatic heterocycles. The molecule has 0 fully saturated rings. The van der Waals surface area contributed by atoms with Crippen molar-refractivity contribution in [1.82, 2.24) is 0 Å². The molecule has 0 aliphatic rings. The highest BCUT2D eigenvalue weighted by molar-refractivity contribution is 14.1. The molecule has 0 unspecified atom stereocenters. The molecular weight excluding hydrogens is 377 g/mol. The Morgan fingerprint density at radius 1 is 1.05 bits per heavy atom. The van der Waals surface area contributed by atoms with E-state index in [9.17, 15) is 8.42 Å². The molecule has 0 heterocycles. The quantitative estimate of drug-likeness (QED) is 0.818. The Kier molecular flexibility index (Phi) is 4.31. The summed E-state index contributed by atoms with van der Waals surface area (Å²) in [6, 6.07) is 13.7. The lowest BCUT2D eigenvalue weighted by Gasteiger charge is -2.12. The fourth-order valence-corrected chi connectivity index (χ4v) is 3.54. The Bertz CT molecular complexity index is 686. The maximum Gasteiger partial charge on any atom is 0.265 e. The summed E-state index contributed by atoms with van der Waals surface area (Å²) in [6.07, 6.45) is 0. The molecule has 2 aromatic carbocycles. The van der Waals surface area contributed by atoms with E-state index in [4.69, 9.17) is 4.74 Å². The molecule has 0 aliphatic heterocycles. The normalized spacial score (nSPS) is 11.1. The largest absolute Gasteiger partial charge is 0.495 e. The van der Waals surface area contributed by atoms with Crippen LogP contribution in [0.2, 0.25) is 0 Å². The van der Waals surface area contributed by atoms with Gasteiger partial charge < -0.3 is 4.74 Å². The minimum atomic E-state index is -3.66.